The summed E-state index contributed by atoms with van der Waals surface area (Å²) in [6.07, 6.45) is 0. The quantitative estimate of drug-likeness (QED) is 0.723. The number of carbonyl (C=O) groups is 2. The van der Waals surface area contributed by atoms with Crippen LogP contribution in [-0.2, 0) is 23.2 Å². The van der Waals surface area contributed by atoms with Crippen molar-refractivity contribution in [2.45, 2.75) is 34.2 Å². The number of hydrogen-bond acceptors (Lipinski definition) is 4. The highest BCUT2D eigenvalue weighted by molar-refractivity contribution is 6.39. The minimum Gasteiger partial charge on any atom is -0.344 e. The molecule has 8 nitrogen and oxygen atoms in total. The van der Waals surface area contributed by atoms with Gasteiger partial charge < -0.3 is 10.6 Å². The van der Waals surface area contributed by atoms with E-state index in [1.807, 2.05) is 20.8 Å². The van der Waals surface area contributed by atoms with E-state index in [0.29, 0.717) is 11.4 Å². The molecule has 0 aliphatic carbocycles. The number of aromatic amines is 1. The molecule has 118 valence electrons. The van der Waals surface area contributed by atoms with Gasteiger partial charge in [0.25, 0.3) is 0 Å². The number of carbonyl (C=O) groups excluding carboxylic acids is 2. The molecule has 2 aromatic heterocycles. The number of H-pyrrole nitrogens is 1. The average molecular weight is 304 g/mol. The minimum atomic E-state index is -0.710. The summed E-state index contributed by atoms with van der Waals surface area (Å²) in [5.74, 6) is -1.40. The van der Waals surface area contributed by atoms with E-state index >= 15 is 0 Å². The molecular weight excluding hydrogens is 284 g/mol. The lowest BCUT2D eigenvalue weighted by molar-refractivity contribution is -0.136. The maximum absolute atomic E-state index is 12.0. The molecule has 0 aliphatic rings. The van der Waals surface area contributed by atoms with Crippen LogP contribution in [0.4, 0.5) is 5.69 Å². The summed E-state index contributed by atoms with van der Waals surface area (Å²) in [5, 5.41) is 16.3. The molecule has 0 fully saturated rings. The Morgan fingerprint density at radius 1 is 1.14 bits per heavy atom. The fourth-order valence-electron chi connectivity index (χ4n) is 2.21. The number of nitrogens with zero attached hydrogens (tertiary/aromatic N) is 3. The van der Waals surface area contributed by atoms with Crippen LogP contribution in [0, 0.1) is 27.7 Å². The topological polar surface area (TPSA) is 105 Å². The zero-order valence-electron chi connectivity index (χ0n) is 13.4. The van der Waals surface area contributed by atoms with Crippen LogP contribution < -0.4 is 10.6 Å². The Bertz CT molecular complexity index is 709. The molecule has 0 unspecified atom stereocenters. The third kappa shape index (κ3) is 3.00. The van der Waals surface area contributed by atoms with Gasteiger partial charge in [-0.1, -0.05) is 0 Å². The van der Waals surface area contributed by atoms with E-state index in [2.05, 4.69) is 25.9 Å². The first kappa shape index (κ1) is 15.7. The lowest BCUT2D eigenvalue weighted by Crippen LogP contribution is -2.35. The number of anilines is 1. The average Bonchev–Trinajstić information content (AvgIpc) is 2.90. The van der Waals surface area contributed by atoms with Gasteiger partial charge in [-0.3, -0.25) is 19.4 Å². The first-order valence-corrected chi connectivity index (χ1v) is 6.91. The number of aryl methyl sites for hydroxylation is 4. The van der Waals surface area contributed by atoms with Crippen molar-refractivity contribution in [2.24, 2.45) is 7.05 Å². The van der Waals surface area contributed by atoms with Crippen LogP contribution >= 0.6 is 0 Å². The molecule has 2 amide bonds. The van der Waals surface area contributed by atoms with E-state index in [9.17, 15) is 9.59 Å². The van der Waals surface area contributed by atoms with Gasteiger partial charge in [-0.25, -0.2) is 0 Å². The molecule has 0 saturated heterocycles. The number of hydrogen-bond donors (Lipinski definition) is 3. The zero-order chi connectivity index (χ0) is 16.4. The van der Waals surface area contributed by atoms with Gasteiger partial charge in [0.2, 0.25) is 0 Å². The fraction of sp³-hybridized carbons (Fsp3) is 0.429. The summed E-state index contributed by atoms with van der Waals surface area (Å²) in [7, 11) is 1.78. The molecule has 22 heavy (non-hydrogen) atoms. The van der Waals surface area contributed by atoms with Gasteiger partial charge in [0.15, 0.2) is 0 Å². The highest BCUT2D eigenvalue weighted by Gasteiger charge is 2.18. The van der Waals surface area contributed by atoms with E-state index in [0.717, 1.165) is 22.6 Å². The molecule has 0 bridgehead atoms. The molecule has 8 heteroatoms. The highest BCUT2D eigenvalue weighted by Crippen LogP contribution is 2.18. The minimum absolute atomic E-state index is 0.255. The van der Waals surface area contributed by atoms with Crippen molar-refractivity contribution in [3.63, 3.8) is 0 Å². The fourth-order valence-corrected chi connectivity index (χ4v) is 2.21. The van der Waals surface area contributed by atoms with Crippen molar-refractivity contribution in [2.75, 3.05) is 5.32 Å². The maximum Gasteiger partial charge on any atom is 0.313 e. The van der Waals surface area contributed by atoms with E-state index in [4.69, 9.17) is 0 Å². The number of amides is 2. The van der Waals surface area contributed by atoms with Crippen molar-refractivity contribution in [3.05, 3.63) is 28.3 Å². The molecule has 2 rings (SSSR count). The van der Waals surface area contributed by atoms with E-state index in [1.54, 1.807) is 18.7 Å². The lowest BCUT2D eigenvalue weighted by atomic mass is 10.2. The highest BCUT2D eigenvalue weighted by atomic mass is 16.2. The Hall–Kier alpha value is -2.64. The molecule has 0 saturated carbocycles. The molecule has 3 N–H and O–H groups in total. The van der Waals surface area contributed by atoms with Gasteiger partial charge in [0, 0.05) is 24.8 Å². The molecule has 2 heterocycles. The molecule has 0 aromatic carbocycles. The molecule has 0 radical (unpaired) electrons. The zero-order valence-corrected chi connectivity index (χ0v) is 13.4. The second-order valence-corrected chi connectivity index (χ2v) is 5.22. The largest absolute Gasteiger partial charge is 0.344 e. The van der Waals surface area contributed by atoms with Gasteiger partial charge in [0.05, 0.1) is 22.8 Å². The Balaban J connectivity index is 2.00. The lowest BCUT2D eigenvalue weighted by Gasteiger charge is -2.07. The Kier molecular flexibility index (Phi) is 4.30. The van der Waals surface area contributed by atoms with Crippen molar-refractivity contribution < 1.29 is 9.59 Å². The smallest absolute Gasteiger partial charge is 0.313 e. The summed E-state index contributed by atoms with van der Waals surface area (Å²) in [4.78, 5) is 23.9. The number of rotatable bonds is 3. The normalized spacial score (nSPS) is 10.6. The summed E-state index contributed by atoms with van der Waals surface area (Å²) in [6, 6.07) is 0. The van der Waals surface area contributed by atoms with Crippen LogP contribution in [0.25, 0.3) is 0 Å². The van der Waals surface area contributed by atoms with Gasteiger partial charge in [-0.05, 0) is 27.7 Å². The van der Waals surface area contributed by atoms with Gasteiger partial charge in [0.1, 0.15) is 0 Å². The third-order valence-electron chi connectivity index (χ3n) is 3.66. The van der Waals surface area contributed by atoms with E-state index in [-0.39, 0.29) is 6.54 Å². The third-order valence-corrected chi connectivity index (χ3v) is 3.66. The Morgan fingerprint density at radius 2 is 1.82 bits per heavy atom. The first-order valence-electron chi connectivity index (χ1n) is 6.91. The second-order valence-electron chi connectivity index (χ2n) is 5.22. The van der Waals surface area contributed by atoms with Crippen molar-refractivity contribution in [1.82, 2.24) is 25.3 Å². The van der Waals surface area contributed by atoms with E-state index in [1.165, 1.54) is 0 Å². The standard InChI is InChI=1S/C14H20N6O2/c1-7-11(8(2)18-17-7)6-15-13(21)14(22)16-12-9(3)19-20(5)10(12)4/h6H2,1-5H3,(H,15,21)(H,16,22)(H,17,18). The summed E-state index contributed by atoms with van der Waals surface area (Å²) in [5.41, 5.74) is 4.59. The monoisotopic (exact) mass is 304 g/mol. The van der Waals surface area contributed by atoms with Crippen LogP contribution in [0.2, 0.25) is 0 Å². The molecule has 0 aliphatic heterocycles. The predicted molar refractivity (Wildman–Crippen MR) is 81.2 cm³/mol. The SMILES string of the molecule is Cc1n[nH]c(C)c1CNC(=O)C(=O)Nc1c(C)nn(C)c1C. The summed E-state index contributed by atoms with van der Waals surface area (Å²) < 4.78 is 1.65. The molecular formula is C14H20N6O2. The van der Waals surface area contributed by atoms with Crippen molar-refractivity contribution in [3.8, 4) is 0 Å². The second kappa shape index (κ2) is 6.00. The van der Waals surface area contributed by atoms with Crippen LogP contribution in [0.15, 0.2) is 0 Å². The molecule has 0 spiro atoms. The Labute approximate surface area is 128 Å². The van der Waals surface area contributed by atoms with Crippen LogP contribution in [0.3, 0.4) is 0 Å². The van der Waals surface area contributed by atoms with Crippen LogP contribution in [0.5, 0.6) is 0 Å². The molecule has 0 atom stereocenters. The summed E-state index contributed by atoms with van der Waals surface area (Å²) in [6.45, 7) is 7.56. The van der Waals surface area contributed by atoms with Gasteiger partial charge in [-0.15, -0.1) is 0 Å². The van der Waals surface area contributed by atoms with Gasteiger partial charge >= 0.3 is 11.8 Å². The first-order chi connectivity index (χ1) is 10.3. The number of aromatic nitrogens is 4. The Morgan fingerprint density at radius 3 is 2.32 bits per heavy atom. The predicted octanol–water partition coefficient (Wildman–Crippen LogP) is 0.632. The maximum atomic E-state index is 12.0. The van der Waals surface area contributed by atoms with Gasteiger partial charge in [-0.2, -0.15) is 10.2 Å². The van der Waals surface area contributed by atoms with Crippen molar-refractivity contribution >= 4 is 17.5 Å². The van der Waals surface area contributed by atoms with Crippen LogP contribution in [-0.4, -0.2) is 31.8 Å². The van der Waals surface area contributed by atoms with E-state index < -0.39 is 11.8 Å². The number of nitrogens with one attached hydrogen (secondary N) is 3. The molecule has 2 aromatic rings. The summed E-state index contributed by atoms with van der Waals surface area (Å²) >= 11 is 0. The van der Waals surface area contributed by atoms with Crippen molar-refractivity contribution in [1.29, 1.82) is 0 Å². The van der Waals surface area contributed by atoms with Crippen LogP contribution in [0.1, 0.15) is 28.3 Å².